The lowest BCUT2D eigenvalue weighted by atomic mass is 10.1. The number of hydrogen-bond acceptors (Lipinski definition) is 6. The maximum absolute atomic E-state index is 12.5. The van der Waals surface area contributed by atoms with Gasteiger partial charge in [0.2, 0.25) is 5.96 Å². The Bertz CT molecular complexity index is 1030. The Balaban J connectivity index is 1.73. The van der Waals surface area contributed by atoms with E-state index in [1.54, 1.807) is 48.6 Å². The van der Waals surface area contributed by atoms with Gasteiger partial charge in [0.1, 0.15) is 0 Å². The fraction of sp³-hybridized carbons (Fsp3) is 0.217. The van der Waals surface area contributed by atoms with Crippen LogP contribution in [0, 0.1) is 0 Å². The molecule has 0 bridgehead atoms. The molecule has 1 aliphatic rings. The number of halogens is 6. The van der Waals surface area contributed by atoms with Gasteiger partial charge in [-0.05, 0) is 78.0 Å². The van der Waals surface area contributed by atoms with Gasteiger partial charge in [-0.1, -0.05) is 36.4 Å². The Labute approximate surface area is 206 Å². The van der Waals surface area contributed by atoms with E-state index in [0.29, 0.717) is 29.3 Å². The number of hydrogen-bond donors (Lipinski definition) is 2. The van der Waals surface area contributed by atoms with Crippen LogP contribution in [0.25, 0.3) is 12.2 Å². The van der Waals surface area contributed by atoms with Crippen LogP contribution in [0.1, 0.15) is 18.1 Å². The van der Waals surface area contributed by atoms with E-state index in [1.165, 1.54) is 24.3 Å². The quantitative estimate of drug-likeness (QED) is 0.176. The highest BCUT2D eigenvalue weighted by Gasteiger charge is 2.29. The van der Waals surface area contributed by atoms with Crippen molar-refractivity contribution in [2.24, 2.45) is 10.1 Å². The summed E-state index contributed by atoms with van der Waals surface area (Å²) in [6, 6.07) is 11.9. The predicted molar refractivity (Wildman–Crippen MR) is 130 cm³/mol. The number of benzene rings is 2. The van der Waals surface area contributed by atoms with Gasteiger partial charge in [0.05, 0.1) is 12.3 Å². The summed E-state index contributed by atoms with van der Waals surface area (Å²) in [6.07, 6.45) is 6.68. The molecule has 2 N–H and O–H groups in total. The van der Waals surface area contributed by atoms with Gasteiger partial charge >= 0.3 is 11.0 Å². The molecule has 0 saturated heterocycles. The van der Waals surface area contributed by atoms with E-state index in [-0.39, 0.29) is 39.4 Å². The molecule has 0 spiro atoms. The zero-order valence-corrected chi connectivity index (χ0v) is 19.8. The minimum Gasteiger partial charge on any atom is -0.351 e. The number of rotatable bonds is 7. The number of guanidine groups is 1. The molecule has 0 aromatic heterocycles. The molecule has 4 nitrogen and oxygen atoms in total. The van der Waals surface area contributed by atoms with Gasteiger partial charge in [0, 0.05) is 15.8 Å². The van der Waals surface area contributed by atoms with Gasteiger partial charge in [-0.15, -0.1) is 0 Å². The highest BCUT2D eigenvalue weighted by Crippen LogP contribution is 2.37. The van der Waals surface area contributed by atoms with Crippen LogP contribution in [-0.4, -0.2) is 35.3 Å². The van der Waals surface area contributed by atoms with Crippen LogP contribution in [0.4, 0.5) is 26.3 Å². The van der Waals surface area contributed by atoms with E-state index in [2.05, 4.69) is 20.8 Å². The Kier molecular flexibility index (Phi) is 8.95. The van der Waals surface area contributed by atoms with Gasteiger partial charge in [-0.3, -0.25) is 0 Å². The van der Waals surface area contributed by atoms with Crippen LogP contribution < -0.4 is 10.7 Å². The van der Waals surface area contributed by atoms with Gasteiger partial charge in [0.25, 0.3) is 0 Å². The van der Waals surface area contributed by atoms with Crippen molar-refractivity contribution in [1.29, 1.82) is 0 Å². The van der Waals surface area contributed by atoms with Crippen molar-refractivity contribution >= 4 is 47.3 Å². The Morgan fingerprint density at radius 3 is 1.71 bits per heavy atom. The van der Waals surface area contributed by atoms with E-state index in [0.717, 1.165) is 0 Å². The van der Waals surface area contributed by atoms with Crippen LogP contribution in [0.3, 0.4) is 0 Å². The van der Waals surface area contributed by atoms with Crippen molar-refractivity contribution in [2.45, 2.75) is 33.8 Å². The molecule has 0 radical (unpaired) electrons. The lowest BCUT2D eigenvalue weighted by molar-refractivity contribution is -0.0337. The first-order valence-electron chi connectivity index (χ1n) is 10.2. The molecule has 12 heteroatoms. The molecule has 186 valence electrons. The number of hydrazone groups is 1. The Hall–Kier alpha value is -2.86. The summed E-state index contributed by atoms with van der Waals surface area (Å²) in [6.45, 7) is 2.56. The smallest absolute Gasteiger partial charge is 0.351 e. The van der Waals surface area contributed by atoms with Gasteiger partial charge in [0.15, 0.2) is 0 Å². The normalized spacial score (nSPS) is 16.4. The molecule has 0 saturated carbocycles. The van der Waals surface area contributed by atoms with Gasteiger partial charge in [-0.25, -0.2) is 10.4 Å². The molecule has 0 fully saturated rings. The summed E-state index contributed by atoms with van der Waals surface area (Å²) < 4.78 is 75.0. The van der Waals surface area contributed by atoms with Crippen LogP contribution in [0.2, 0.25) is 0 Å². The zero-order valence-electron chi connectivity index (χ0n) is 18.2. The summed E-state index contributed by atoms with van der Waals surface area (Å²) in [4.78, 5) is 4.41. The van der Waals surface area contributed by atoms with Crippen molar-refractivity contribution < 1.29 is 26.3 Å². The van der Waals surface area contributed by atoms with E-state index in [4.69, 9.17) is 0 Å². The molecule has 1 aliphatic heterocycles. The number of alkyl halides is 6. The second-order valence-corrected chi connectivity index (χ2v) is 9.56. The van der Waals surface area contributed by atoms with Crippen LogP contribution in [-0.2, 0) is 0 Å². The second kappa shape index (κ2) is 11.7. The van der Waals surface area contributed by atoms with Gasteiger partial charge in [-0.2, -0.15) is 31.4 Å². The minimum absolute atomic E-state index is 0.0803. The van der Waals surface area contributed by atoms with Crippen molar-refractivity contribution in [1.82, 2.24) is 10.7 Å². The average molecular weight is 531 g/mol. The molecular weight excluding hydrogens is 510 g/mol. The summed E-state index contributed by atoms with van der Waals surface area (Å²) in [5, 5.41) is 7.40. The van der Waals surface area contributed by atoms with Gasteiger partial charge < -0.3 is 5.32 Å². The first kappa shape index (κ1) is 26.7. The second-order valence-electron chi connectivity index (χ2n) is 7.28. The molecule has 0 amide bonds. The third-order valence-corrected chi connectivity index (χ3v) is 5.80. The SMILES string of the molecule is CC1CN=C(NN=C(/C=C/c2ccc(SC(F)(F)F)cc2)/C=C/c2ccc(SC(F)(F)F)cc2)N1. The molecule has 2 aromatic rings. The summed E-state index contributed by atoms with van der Waals surface area (Å²) in [5.74, 6) is 0.499. The molecule has 3 rings (SSSR count). The monoisotopic (exact) mass is 530 g/mol. The standard InChI is InChI=1S/C23H20F6N4S2/c1-15-14-30-21(31-15)33-32-18(8-2-16-4-10-19(11-5-16)34-22(24,25)26)9-3-17-6-12-20(13-7-17)35-23(27,28)29/h2-13,15H,14H2,1H3,(H2,30,31,33)/b8-2+,9-3+. The van der Waals surface area contributed by atoms with E-state index < -0.39 is 11.0 Å². The summed E-state index contributed by atoms with van der Waals surface area (Å²) in [5.41, 5.74) is -4.11. The third-order valence-electron chi connectivity index (χ3n) is 4.32. The van der Waals surface area contributed by atoms with Crippen LogP contribution in [0.5, 0.6) is 0 Å². The van der Waals surface area contributed by atoms with Crippen molar-refractivity contribution in [2.75, 3.05) is 6.54 Å². The largest absolute Gasteiger partial charge is 0.446 e. The number of nitrogens with zero attached hydrogens (tertiary/aromatic N) is 2. The van der Waals surface area contributed by atoms with Crippen molar-refractivity contribution in [3.05, 3.63) is 71.8 Å². The number of thioether (sulfide) groups is 2. The van der Waals surface area contributed by atoms with E-state index in [9.17, 15) is 26.3 Å². The maximum atomic E-state index is 12.5. The summed E-state index contributed by atoms with van der Waals surface area (Å²) >= 11 is -0.374. The highest BCUT2D eigenvalue weighted by molar-refractivity contribution is 8.00. The molecular formula is C23H20F6N4S2. The maximum Gasteiger partial charge on any atom is 0.446 e. The molecule has 0 aliphatic carbocycles. The van der Waals surface area contributed by atoms with Crippen LogP contribution in [0.15, 0.2) is 80.6 Å². The minimum atomic E-state index is -4.36. The first-order valence-corrected chi connectivity index (χ1v) is 11.8. The van der Waals surface area contributed by atoms with E-state index in [1.807, 2.05) is 6.92 Å². The molecule has 35 heavy (non-hydrogen) atoms. The van der Waals surface area contributed by atoms with Crippen molar-refractivity contribution in [3.63, 3.8) is 0 Å². The lowest BCUT2D eigenvalue weighted by Crippen LogP contribution is -2.35. The van der Waals surface area contributed by atoms with Crippen LogP contribution >= 0.6 is 23.5 Å². The fourth-order valence-electron chi connectivity index (χ4n) is 2.79. The number of allylic oxidation sites excluding steroid dienone is 2. The topological polar surface area (TPSA) is 48.8 Å². The lowest BCUT2D eigenvalue weighted by Gasteiger charge is -2.06. The third kappa shape index (κ3) is 10.1. The van der Waals surface area contributed by atoms with Crippen molar-refractivity contribution in [3.8, 4) is 0 Å². The highest BCUT2D eigenvalue weighted by atomic mass is 32.2. The van der Waals surface area contributed by atoms with E-state index >= 15 is 0 Å². The average Bonchev–Trinajstić information content (AvgIpc) is 3.18. The fourth-order valence-corrected chi connectivity index (χ4v) is 3.87. The molecule has 1 heterocycles. The summed E-state index contributed by atoms with van der Waals surface area (Å²) in [7, 11) is 0. The molecule has 1 unspecified atom stereocenters. The number of nitrogens with one attached hydrogen (secondary N) is 2. The first-order chi connectivity index (χ1) is 16.4. The Morgan fingerprint density at radius 2 is 1.34 bits per heavy atom. The Morgan fingerprint density at radius 1 is 0.886 bits per heavy atom. The predicted octanol–water partition coefficient (Wildman–Crippen LogP) is 6.93. The zero-order chi connectivity index (χ0) is 25.5. The number of aliphatic imine (C=N–C) groups is 1. The molecule has 2 aromatic carbocycles. The molecule has 1 atom stereocenters.